The molecule has 0 bridgehead atoms. The molecule has 2 heterocycles. The predicted octanol–water partition coefficient (Wildman–Crippen LogP) is 0.848. The van der Waals surface area contributed by atoms with Gasteiger partial charge in [-0.15, -0.1) is 0 Å². The Morgan fingerprint density at radius 2 is 2.04 bits per heavy atom. The van der Waals surface area contributed by atoms with Gasteiger partial charge >= 0.3 is 6.03 Å². The van der Waals surface area contributed by atoms with E-state index < -0.39 is 0 Å². The highest BCUT2D eigenvalue weighted by Crippen LogP contribution is 2.17. The fourth-order valence-corrected chi connectivity index (χ4v) is 2.37. The van der Waals surface area contributed by atoms with Crippen LogP contribution in [0.15, 0.2) is 42.9 Å². The lowest BCUT2D eigenvalue weighted by atomic mass is 10.2. The molecule has 1 fully saturated rings. The largest absolute Gasteiger partial charge is 0.367 e. The minimum atomic E-state index is -0.159. The van der Waals surface area contributed by atoms with Crippen molar-refractivity contribution in [3.8, 4) is 0 Å². The summed E-state index contributed by atoms with van der Waals surface area (Å²) in [5, 5.41) is 8.63. The first-order valence-corrected chi connectivity index (χ1v) is 7.67. The third kappa shape index (κ3) is 3.78. The molecular weight excluding hydrogens is 308 g/mol. The van der Waals surface area contributed by atoms with E-state index in [1.807, 2.05) is 0 Å². The smallest absolute Gasteiger partial charge is 0.321 e. The van der Waals surface area contributed by atoms with Crippen molar-refractivity contribution in [2.45, 2.75) is 0 Å². The number of nitrogens with zero attached hydrogens (tertiary/aromatic N) is 3. The minimum Gasteiger partial charge on any atom is -0.367 e. The van der Waals surface area contributed by atoms with Crippen molar-refractivity contribution < 1.29 is 9.59 Å². The number of anilines is 2. The second-order valence-electron chi connectivity index (χ2n) is 5.20. The predicted molar refractivity (Wildman–Crippen MR) is 90.0 cm³/mol. The molecule has 3 rings (SSSR count). The van der Waals surface area contributed by atoms with Crippen LogP contribution in [-0.4, -0.2) is 48.1 Å². The maximum absolute atomic E-state index is 12.1. The van der Waals surface area contributed by atoms with Gasteiger partial charge in [0.05, 0.1) is 6.20 Å². The Morgan fingerprint density at radius 3 is 2.71 bits per heavy atom. The molecule has 0 radical (unpaired) electrons. The number of benzene rings is 1. The summed E-state index contributed by atoms with van der Waals surface area (Å²) in [5.74, 6) is 0.508. The van der Waals surface area contributed by atoms with E-state index in [0.717, 1.165) is 5.69 Å². The van der Waals surface area contributed by atoms with Crippen LogP contribution in [0.3, 0.4) is 0 Å². The molecule has 1 aromatic heterocycles. The summed E-state index contributed by atoms with van der Waals surface area (Å²) >= 11 is 0. The van der Waals surface area contributed by atoms with Gasteiger partial charge in [0.15, 0.2) is 0 Å². The summed E-state index contributed by atoms with van der Waals surface area (Å²) in [6.07, 6.45) is 4.82. The summed E-state index contributed by atoms with van der Waals surface area (Å²) in [4.78, 5) is 33.4. The van der Waals surface area contributed by atoms with Gasteiger partial charge in [0, 0.05) is 49.8 Å². The lowest BCUT2D eigenvalue weighted by Gasteiger charge is -2.14. The van der Waals surface area contributed by atoms with Gasteiger partial charge in [-0.3, -0.25) is 14.7 Å². The second-order valence-corrected chi connectivity index (χ2v) is 5.20. The van der Waals surface area contributed by atoms with Crippen LogP contribution in [0.4, 0.5) is 16.3 Å². The van der Waals surface area contributed by atoms with Crippen LogP contribution in [-0.2, 0) is 0 Å². The van der Waals surface area contributed by atoms with Gasteiger partial charge in [0.2, 0.25) is 0 Å². The van der Waals surface area contributed by atoms with Gasteiger partial charge < -0.3 is 16.0 Å². The highest BCUT2D eigenvalue weighted by atomic mass is 16.2. The first-order chi connectivity index (χ1) is 11.7. The fourth-order valence-electron chi connectivity index (χ4n) is 2.37. The topological polar surface area (TPSA) is 99.2 Å². The van der Waals surface area contributed by atoms with Crippen molar-refractivity contribution in [1.29, 1.82) is 0 Å². The number of hydrogen-bond donors (Lipinski definition) is 3. The van der Waals surface area contributed by atoms with Crippen molar-refractivity contribution >= 4 is 23.4 Å². The molecule has 3 amide bonds. The van der Waals surface area contributed by atoms with Crippen LogP contribution in [0.2, 0.25) is 0 Å². The summed E-state index contributed by atoms with van der Waals surface area (Å²) in [6, 6.07) is 6.87. The molecule has 0 saturated carbocycles. The van der Waals surface area contributed by atoms with Crippen LogP contribution in [0.1, 0.15) is 10.4 Å². The van der Waals surface area contributed by atoms with Gasteiger partial charge in [-0.1, -0.05) is 0 Å². The van der Waals surface area contributed by atoms with E-state index in [2.05, 4.69) is 25.9 Å². The molecule has 0 aliphatic carbocycles. The van der Waals surface area contributed by atoms with Crippen LogP contribution < -0.4 is 20.9 Å². The van der Waals surface area contributed by atoms with E-state index in [9.17, 15) is 9.59 Å². The quantitative estimate of drug-likeness (QED) is 0.684. The van der Waals surface area contributed by atoms with E-state index in [4.69, 9.17) is 0 Å². The third-order valence-electron chi connectivity index (χ3n) is 3.58. The van der Waals surface area contributed by atoms with Gasteiger partial charge in [-0.2, -0.15) is 0 Å². The number of nitrogens with one attached hydrogen (secondary N) is 3. The Kier molecular flexibility index (Phi) is 4.85. The number of rotatable bonds is 6. The second kappa shape index (κ2) is 7.40. The standard InChI is InChI=1S/C16H18N6O2/c23-15(20-8-7-19-14-11-17-5-6-18-14)12-1-3-13(4-2-12)22-10-9-21-16(22)24/h1-6,11H,7-10H2,(H,18,19)(H,20,23)(H,21,24). The Bertz CT molecular complexity index is 704. The van der Waals surface area contributed by atoms with E-state index >= 15 is 0 Å². The van der Waals surface area contributed by atoms with Crippen LogP contribution >= 0.6 is 0 Å². The molecule has 8 heteroatoms. The van der Waals surface area contributed by atoms with E-state index in [1.165, 1.54) is 0 Å². The third-order valence-corrected chi connectivity index (χ3v) is 3.58. The number of carbonyl (C=O) groups is 2. The molecule has 1 aliphatic heterocycles. The maximum atomic E-state index is 12.1. The molecule has 1 saturated heterocycles. The maximum Gasteiger partial charge on any atom is 0.321 e. The van der Waals surface area contributed by atoms with Crippen molar-refractivity contribution in [1.82, 2.24) is 20.6 Å². The van der Waals surface area contributed by atoms with Gasteiger partial charge in [-0.05, 0) is 24.3 Å². The van der Waals surface area contributed by atoms with Crippen molar-refractivity contribution in [3.63, 3.8) is 0 Å². The Labute approximate surface area is 139 Å². The molecule has 1 aromatic carbocycles. The fraction of sp³-hybridized carbons (Fsp3) is 0.250. The van der Waals surface area contributed by atoms with Crippen molar-refractivity contribution in [2.24, 2.45) is 0 Å². The number of amides is 3. The average Bonchev–Trinajstić information content (AvgIpc) is 3.05. The normalized spacial score (nSPS) is 13.5. The van der Waals surface area contributed by atoms with E-state index in [1.54, 1.807) is 47.8 Å². The molecule has 24 heavy (non-hydrogen) atoms. The Hall–Kier alpha value is -3.16. The Balaban J connectivity index is 1.47. The Morgan fingerprint density at radius 1 is 1.21 bits per heavy atom. The zero-order valence-electron chi connectivity index (χ0n) is 13.0. The zero-order valence-corrected chi connectivity index (χ0v) is 13.0. The summed E-state index contributed by atoms with van der Waals surface area (Å²) in [6.45, 7) is 2.29. The van der Waals surface area contributed by atoms with E-state index in [-0.39, 0.29) is 11.9 Å². The highest BCUT2D eigenvalue weighted by Gasteiger charge is 2.21. The first kappa shape index (κ1) is 15.7. The minimum absolute atomic E-state index is 0.109. The molecule has 8 nitrogen and oxygen atoms in total. The average molecular weight is 326 g/mol. The molecule has 1 aliphatic rings. The lowest BCUT2D eigenvalue weighted by molar-refractivity contribution is 0.0955. The summed E-state index contributed by atoms with van der Waals surface area (Å²) in [5.41, 5.74) is 1.34. The lowest BCUT2D eigenvalue weighted by Crippen LogP contribution is -2.29. The number of carbonyl (C=O) groups excluding carboxylic acids is 2. The van der Waals surface area contributed by atoms with Crippen molar-refractivity contribution in [3.05, 3.63) is 48.4 Å². The van der Waals surface area contributed by atoms with Gasteiger partial charge in [0.25, 0.3) is 5.91 Å². The monoisotopic (exact) mass is 326 g/mol. The molecule has 2 aromatic rings. The number of aromatic nitrogens is 2. The molecule has 0 spiro atoms. The van der Waals surface area contributed by atoms with Gasteiger partial charge in [0.1, 0.15) is 5.82 Å². The summed E-state index contributed by atoms with van der Waals surface area (Å²) < 4.78 is 0. The zero-order chi connectivity index (χ0) is 16.8. The number of urea groups is 1. The highest BCUT2D eigenvalue weighted by molar-refractivity contribution is 5.97. The van der Waals surface area contributed by atoms with Crippen LogP contribution in [0.5, 0.6) is 0 Å². The van der Waals surface area contributed by atoms with E-state index in [0.29, 0.717) is 37.6 Å². The van der Waals surface area contributed by atoms with Crippen LogP contribution in [0, 0.1) is 0 Å². The van der Waals surface area contributed by atoms with Crippen molar-refractivity contribution in [2.75, 3.05) is 36.4 Å². The SMILES string of the molecule is O=C(NCCNc1cnccn1)c1ccc(N2CCNC2=O)cc1. The summed E-state index contributed by atoms with van der Waals surface area (Å²) in [7, 11) is 0. The molecule has 3 N–H and O–H groups in total. The van der Waals surface area contributed by atoms with Gasteiger partial charge in [-0.25, -0.2) is 9.78 Å². The first-order valence-electron chi connectivity index (χ1n) is 7.67. The molecular formula is C16H18N6O2. The number of hydrogen-bond acceptors (Lipinski definition) is 5. The van der Waals surface area contributed by atoms with Crippen LogP contribution in [0.25, 0.3) is 0 Å². The molecule has 0 unspecified atom stereocenters. The molecule has 124 valence electrons. The molecule has 0 atom stereocenters.